The average molecular weight is 460 g/mol. The number of ether oxygens (including phenoxy) is 1. The van der Waals surface area contributed by atoms with Gasteiger partial charge in [-0.15, -0.1) is 0 Å². The van der Waals surface area contributed by atoms with E-state index >= 15 is 0 Å². The summed E-state index contributed by atoms with van der Waals surface area (Å²) in [6.07, 6.45) is 6.33. The number of benzene rings is 1. The third-order valence-electron chi connectivity index (χ3n) is 5.75. The molecule has 2 rings (SSSR count). The van der Waals surface area contributed by atoms with Crippen molar-refractivity contribution in [1.29, 1.82) is 0 Å². The van der Waals surface area contributed by atoms with Crippen molar-refractivity contribution in [3.63, 3.8) is 0 Å². The molecule has 1 atom stereocenters. The van der Waals surface area contributed by atoms with Gasteiger partial charge in [-0.3, -0.25) is 4.79 Å². The second-order valence-corrected chi connectivity index (χ2v) is 8.38. The van der Waals surface area contributed by atoms with Crippen LogP contribution in [0.3, 0.4) is 0 Å². The van der Waals surface area contributed by atoms with E-state index in [1.54, 1.807) is 0 Å². The van der Waals surface area contributed by atoms with Gasteiger partial charge in [-0.1, -0.05) is 58.3 Å². The van der Waals surface area contributed by atoms with E-state index in [9.17, 15) is 27.2 Å². The molecule has 0 saturated carbocycles. The quantitative estimate of drug-likeness (QED) is 0.203. The minimum atomic E-state index is -4.77. The van der Waals surface area contributed by atoms with Crippen molar-refractivity contribution in [2.45, 2.75) is 89.8 Å². The smallest absolute Gasteiger partial charge is 0.416 e. The first-order valence-electron chi connectivity index (χ1n) is 11.6. The highest BCUT2D eigenvalue weighted by molar-refractivity contribution is 5.97. The molecule has 1 amide bonds. The maximum Gasteiger partial charge on any atom is 0.416 e. The Hall–Kier alpha value is -2.12. The van der Waals surface area contributed by atoms with Crippen molar-refractivity contribution >= 4 is 11.9 Å². The third-order valence-corrected chi connectivity index (χ3v) is 5.75. The standard InChI is InChI=1S/C24H33F4NO3/c1-2-3-4-5-6-7-8-9-10-14-32-23(31)21-12-11-13-29(21)22(30)18-15-19(24(26,27)28)17-20(25)16-18/h15-17,21H,2-14H2,1H3. The number of halogens is 4. The number of hydrogen-bond acceptors (Lipinski definition) is 3. The minimum absolute atomic E-state index is 0.217. The lowest BCUT2D eigenvalue weighted by atomic mass is 10.1. The van der Waals surface area contributed by atoms with E-state index in [-0.39, 0.29) is 13.2 Å². The Morgan fingerprint density at radius 2 is 1.62 bits per heavy atom. The lowest BCUT2D eigenvalue weighted by Gasteiger charge is -2.23. The average Bonchev–Trinajstić information content (AvgIpc) is 3.23. The second kappa shape index (κ2) is 12.8. The fourth-order valence-electron chi connectivity index (χ4n) is 3.98. The van der Waals surface area contributed by atoms with Crippen LogP contribution in [0.4, 0.5) is 17.6 Å². The van der Waals surface area contributed by atoms with Crippen molar-refractivity contribution in [2.75, 3.05) is 13.2 Å². The number of esters is 1. The molecule has 1 aromatic rings. The summed E-state index contributed by atoms with van der Waals surface area (Å²) in [6, 6.07) is 0.880. The van der Waals surface area contributed by atoms with E-state index in [0.717, 1.165) is 31.7 Å². The van der Waals surface area contributed by atoms with Gasteiger partial charge in [0.1, 0.15) is 11.9 Å². The first kappa shape index (κ1) is 26.1. The zero-order valence-corrected chi connectivity index (χ0v) is 18.7. The number of rotatable bonds is 12. The Morgan fingerprint density at radius 3 is 2.25 bits per heavy atom. The summed E-state index contributed by atoms with van der Waals surface area (Å²) in [5, 5.41) is 0. The Bertz CT molecular complexity index is 751. The predicted molar refractivity (Wildman–Crippen MR) is 114 cm³/mol. The van der Waals surface area contributed by atoms with Gasteiger partial charge in [-0.05, 0) is 37.5 Å². The van der Waals surface area contributed by atoms with Crippen LogP contribution in [0.1, 0.15) is 93.5 Å². The number of amides is 1. The summed E-state index contributed by atoms with van der Waals surface area (Å²) in [5.41, 5.74) is -1.65. The summed E-state index contributed by atoms with van der Waals surface area (Å²) < 4.78 is 57.8. The van der Waals surface area contributed by atoms with Crippen LogP contribution in [-0.2, 0) is 15.7 Å². The third kappa shape index (κ3) is 8.10. The van der Waals surface area contributed by atoms with Crippen LogP contribution in [0.5, 0.6) is 0 Å². The molecular formula is C24H33F4NO3. The highest BCUT2D eigenvalue weighted by Crippen LogP contribution is 2.31. The molecule has 1 unspecified atom stereocenters. The molecule has 32 heavy (non-hydrogen) atoms. The van der Waals surface area contributed by atoms with Gasteiger partial charge in [0.15, 0.2) is 0 Å². The summed E-state index contributed by atoms with van der Waals surface area (Å²) in [7, 11) is 0. The molecule has 0 aromatic heterocycles. The predicted octanol–water partition coefficient (Wildman–Crippen LogP) is 6.52. The van der Waals surface area contributed by atoms with Gasteiger partial charge in [0.25, 0.3) is 5.91 Å². The Labute approximate surface area is 187 Å². The van der Waals surface area contributed by atoms with Crippen molar-refractivity contribution in [1.82, 2.24) is 4.90 Å². The van der Waals surface area contributed by atoms with Crippen molar-refractivity contribution in [3.05, 3.63) is 35.1 Å². The Balaban J connectivity index is 1.80. The van der Waals surface area contributed by atoms with Crippen LogP contribution in [0, 0.1) is 5.82 Å². The number of hydrogen-bond donors (Lipinski definition) is 0. The number of alkyl halides is 3. The molecular weight excluding hydrogens is 426 g/mol. The zero-order valence-electron chi connectivity index (χ0n) is 18.7. The van der Waals surface area contributed by atoms with E-state index in [1.165, 1.54) is 37.0 Å². The molecule has 0 spiro atoms. The van der Waals surface area contributed by atoms with Gasteiger partial charge >= 0.3 is 12.1 Å². The molecule has 1 aliphatic rings. The minimum Gasteiger partial charge on any atom is -0.464 e. The SMILES string of the molecule is CCCCCCCCCCCOC(=O)C1CCCN1C(=O)c1cc(F)cc(C(F)(F)F)c1. The van der Waals surface area contributed by atoms with Crippen molar-refractivity contribution in [3.8, 4) is 0 Å². The molecule has 1 heterocycles. The lowest BCUT2D eigenvalue weighted by Crippen LogP contribution is -2.41. The zero-order chi connectivity index (χ0) is 23.6. The van der Waals surface area contributed by atoms with Gasteiger partial charge in [-0.2, -0.15) is 13.2 Å². The van der Waals surface area contributed by atoms with Crippen LogP contribution in [0.25, 0.3) is 0 Å². The fourth-order valence-corrected chi connectivity index (χ4v) is 3.98. The van der Waals surface area contributed by atoms with Gasteiger partial charge in [0.2, 0.25) is 0 Å². The van der Waals surface area contributed by atoms with Crippen LogP contribution < -0.4 is 0 Å². The van der Waals surface area contributed by atoms with E-state index in [1.807, 2.05) is 0 Å². The second-order valence-electron chi connectivity index (χ2n) is 8.38. The van der Waals surface area contributed by atoms with E-state index in [0.29, 0.717) is 25.0 Å². The summed E-state index contributed by atoms with van der Waals surface area (Å²) in [4.78, 5) is 26.4. The number of unbranched alkanes of at least 4 members (excludes halogenated alkanes) is 8. The highest BCUT2D eigenvalue weighted by Gasteiger charge is 2.37. The highest BCUT2D eigenvalue weighted by atomic mass is 19.4. The van der Waals surface area contributed by atoms with Crippen LogP contribution in [0.2, 0.25) is 0 Å². The monoisotopic (exact) mass is 459 g/mol. The number of carbonyl (C=O) groups is 2. The number of nitrogens with zero attached hydrogens (tertiary/aromatic N) is 1. The fraction of sp³-hybridized carbons (Fsp3) is 0.667. The summed E-state index contributed by atoms with van der Waals surface area (Å²) >= 11 is 0. The topological polar surface area (TPSA) is 46.6 Å². The maximum absolute atomic E-state index is 13.7. The van der Waals surface area contributed by atoms with Gasteiger partial charge < -0.3 is 9.64 Å². The number of carbonyl (C=O) groups excluding carboxylic acids is 2. The molecule has 0 radical (unpaired) electrons. The molecule has 1 saturated heterocycles. The van der Waals surface area contributed by atoms with Crippen LogP contribution >= 0.6 is 0 Å². The van der Waals surface area contributed by atoms with Crippen LogP contribution in [0.15, 0.2) is 18.2 Å². The largest absolute Gasteiger partial charge is 0.464 e. The van der Waals surface area contributed by atoms with Gasteiger partial charge in [-0.25, -0.2) is 9.18 Å². The summed E-state index contributed by atoms with van der Waals surface area (Å²) in [6.45, 7) is 2.66. The first-order chi connectivity index (χ1) is 15.2. The first-order valence-corrected chi connectivity index (χ1v) is 11.6. The van der Waals surface area contributed by atoms with Crippen molar-refractivity contribution in [2.24, 2.45) is 0 Å². The maximum atomic E-state index is 13.7. The Morgan fingerprint density at radius 1 is 1.00 bits per heavy atom. The van der Waals surface area contributed by atoms with Crippen molar-refractivity contribution < 1.29 is 31.9 Å². The van der Waals surface area contributed by atoms with Gasteiger partial charge in [0.05, 0.1) is 12.2 Å². The molecule has 180 valence electrons. The van der Waals surface area contributed by atoms with E-state index in [2.05, 4.69) is 6.92 Å². The molecule has 0 bridgehead atoms. The molecule has 0 aliphatic carbocycles. The Kier molecular flexibility index (Phi) is 10.5. The molecule has 1 aromatic carbocycles. The molecule has 4 nitrogen and oxygen atoms in total. The van der Waals surface area contributed by atoms with Crippen LogP contribution in [-0.4, -0.2) is 36.0 Å². The van der Waals surface area contributed by atoms with E-state index < -0.39 is 41.0 Å². The molecule has 1 aliphatic heterocycles. The van der Waals surface area contributed by atoms with Gasteiger partial charge in [0, 0.05) is 12.1 Å². The molecule has 0 N–H and O–H groups in total. The molecule has 1 fully saturated rings. The molecule has 8 heteroatoms. The van der Waals surface area contributed by atoms with E-state index in [4.69, 9.17) is 4.74 Å². The number of likely N-dealkylation sites (tertiary alicyclic amines) is 1. The lowest BCUT2D eigenvalue weighted by molar-refractivity contribution is -0.148. The normalized spacial score (nSPS) is 16.4. The summed E-state index contributed by atoms with van der Waals surface area (Å²) in [5.74, 6) is -2.49.